The summed E-state index contributed by atoms with van der Waals surface area (Å²) in [4.78, 5) is 102. The molecule has 0 unspecified atom stereocenters. The minimum atomic E-state index is -1.48. The Hall–Kier alpha value is -9.12. The summed E-state index contributed by atoms with van der Waals surface area (Å²) in [6.45, 7) is 0. The summed E-state index contributed by atoms with van der Waals surface area (Å²) >= 11 is 0. The summed E-state index contributed by atoms with van der Waals surface area (Å²) in [5, 5.41) is 43.0. The number of fused-ring (bicyclic) bond motifs is 1. The zero-order chi connectivity index (χ0) is 43.5. The first-order valence-electron chi connectivity index (χ1n) is 17.7. The summed E-state index contributed by atoms with van der Waals surface area (Å²) in [5.41, 5.74) is -1.74. The van der Waals surface area contributed by atoms with Crippen molar-refractivity contribution in [2.24, 2.45) is 0 Å². The van der Waals surface area contributed by atoms with Crippen molar-refractivity contribution in [1.82, 2.24) is 0 Å². The first-order valence-corrected chi connectivity index (χ1v) is 17.7. The molecule has 302 valence electrons. The molecule has 0 saturated heterocycles. The highest BCUT2D eigenvalue weighted by molar-refractivity contribution is 6.34. The van der Waals surface area contributed by atoms with Crippen LogP contribution in [0.25, 0.3) is 0 Å². The van der Waals surface area contributed by atoms with Gasteiger partial charge in [0.2, 0.25) is 0 Å². The Morgan fingerprint density at radius 2 is 0.820 bits per heavy atom. The zero-order valence-electron chi connectivity index (χ0n) is 30.9. The van der Waals surface area contributed by atoms with E-state index in [-0.39, 0.29) is 62.3 Å². The fourth-order valence-electron chi connectivity index (χ4n) is 6.28. The van der Waals surface area contributed by atoms with Crippen LogP contribution in [-0.2, 0) is 0 Å². The van der Waals surface area contributed by atoms with Crippen molar-refractivity contribution in [2.75, 3.05) is 15.5 Å². The minimum Gasteiger partial charge on any atom is -0.478 e. The average Bonchev–Trinajstić information content (AvgIpc) is 3.49. The topological polar surface area (TPSA) is 263 Å². The van der Waals surface area contributed by atoms with E-state index < -0.39 is 69.8 Å². The van der Waals surface area contributed by atoms with Gasteiger partial charge in [0.05, 0.1) is 39.1 Å². The molecule has 1 heterocycles. The van der Waals surface area contributed by atoms with Crippen LogP contribution in [0, 0.1) is 0 Å². The van der Waals surface area contributed by atoms with Gasteiger partial charge in [-0.05, 0) is 91.0 Å². The van der Waals surface area contributed by atoms with Crippen LogP contribution < -0.4 is 25.0 Å². The Morgan fingerprint density at radius 1 is 0.426 bits per heavy atom. The number of nitrogens with zero attached hydrogens (tertiary/aromatic N) is 1. The summed E-state index contributed by atoms with van der Waals surface area (Å²) < 4.78 is 11.5. The second-order valence-corrected chi connectivity index (χ2v) is 13.1. The van der Waals surface area contributed by atoms with Gasteiger partial charge in [-0.1, -0.05) is 24.3 Å². The van der Waals surface area contributed by atoms with E-state index in [0.29, 0.717) is 0 Å². The van der Waals surface area contributed by atoms with Crippen LogP contribution in [0.2, 0.25) is 0 Å². The van der Waals surface area contributed by atoms with Gasteiger partial charge < -0.3 is 40.5 Å². The molecule has 17 nitrogen and oxygen atoms in total. The highest BCUT2D eigenvalue weighted by Gasteiger charge is 2.37. The van der Waals surface area contributed by atoms with Gasteiger partial charge in [0, 0.05) is 34.6 Å². The van der Waals surface area contributed by atoms with Crippen LogP contribution in [0.1, 0.15) is 82.9 Å². The van der Waals surface area contributed by atoms with Gasteiger partial charge in [-0.25, -0.2) is 24.1 Å². The van der Waals surface area contributed by atoms with Crippen molar-refractivity contribution < 1.29 is 68.3 Å². The van der Waals surface area contributed by atoms with Crippen LogP contribution in [-0.4, -0.2) is 67.9 Å². The van der Waals surface area contributed by atoms with Crippen molar-refractivity contribution in [1.29, 1.82) is 0 Å². The number of anilines is 3. The van der Waals surface area contributed by atoms with Crippen LogP contribution in [0.5, 0.6) is 23.0 Å². The second-order valence-electron chi connectivity index (χ2n) is 13.1. The molecule has 0 spiro atoms. The summed E-state index contributed by atoms with van der Waals surface area (Å²) in [5.74, 6) is -8.55. The second kappa shape index (κ2) is 16.4. The molecule has 4 amide bonds. The highest BCUT2D eigenvalue weighted by atomic mass is 16.5. The number of carboxylic acids is 4. The number of carbonyl (C=O) groups excluding carboxylic acids is 4. The number of hydrogen-bond donors (Lipinski definition) is 6. The number of carbonyl (C=O) groups is 8. The third-order valence-electron chi connectivity index (χ3n) is 9.05. The van der Waals surface area contributed by atoms with E-state index in [1.165, 1.54) is 91.0 Å². The number of aromatic carboxylic acids is 4. The summed E-state index contributed by atoms with van der Waals surface area (Å²) in [6, 6.07) is 28.4. The molecule has 6 aromatic rings. The minimum absolute atomic E-state index is 0.00556. The molecule has 0 radical (unpaired) electrons. The summed E-state index contributed by atoms with van der Waals surface area (Å²) in [6.07, 6.45) is 0. The molecule has 0 aromatic heterocycles. The number of imide groups is 1. The number of nitrogens with one attached hydrogen (secondary N) is 2. The van der Waals surface area contributed by atoms with E-state index in [1.807, 2.05) is 0 Å². The van der Waals surface area contributed by atoms with Crippen molar-refractivity contribution >= 4 is 64.6 Å². The molecule has 1 aliphatic rings. The molecular weight excluding hydrogens is 794 g/mol. The van der Waals surface area contributed by atoms with Crippen LogP contribution >= 0.6 is 0 Å². The third-order valence-corrected chi connectivity index (χ3v) is 9.05. The van der Waals surface area contributed by atoms with Crippen LogP contribution in [0.4, 0.5) is 17.1 Å². The van der Waals surface area contributed by atoms with Gasteiger partial charge in [0.25, 0.3) is 23.6 Å². The molecular formula is C44H27N3O14. The smallest absolute Gasteiger partial charge is 0.336 e. The van der Waals surface area contributed by atoms with Gasteiger partial charge in [-0.3, -0.25) is 19.2 Å². The Morgan fingerprint density at radius 3 is 1.21 bits per heavy atom. The third kappa shape index (κ3) is 8.46. The zero-order valence-corrected chi connectivity index (χ0v) is 30.9. The van der Waals surface area contributed by atoms with E-state index in [9.17, 15) is 58.8 Å². The lowest BCUT2D eigenvalue weighted by Crippen LogP contribution is -2.30. The van der Waals surface area contributed by atoms with Crippen molar-refractivity contribution in [2.45, 2.75) is 0 Å². The first kappa shape index (κ1) is 40.1. The lowest BCUT2D eigenvalue weighted by atomic mass is 10.1. The van der Waals surface area contributed by atoms with E-state index in [2.05, 4.69) is 10.6 Å². The number of amides is 4. The molecule has 0 fully saturated rings. The predicted octanol–water partition coefficient (Wildman–Crippen LogP) is 7.37. The molecule has 1 aliphatic heterocycles. The first-order chi connectivity index (χ1) is 29.2. The Labute approximate surface area is 342 Å². The number of hydrogen-bond acceptors (Lipinski definition) is 10. The van der Waals surface area contributed by atoms with Crippen LogP contribution in [0.15, 0.2) is 127 Å². The molecule has 0 atom stereocenters. The Balaban J connectivity index is 1.16. The molecule has 0 aliphatic carbocycles. The Kier molecular flexibility index (Phi) is 10.8. The molecule has 6 aromatic carbocycles. The average molecular weight is 822 g/mol. The summed E-state index contributed by atoms with van der Waals surface area (Å²) in [7, 11) is 0. The van der Waals surface area contributed by atoms with Crippen molar-refractivity contribution in [3.8, 4) is 23.0 Å². The van der Waals surface area contributed by atoms with E-state index in [1.54, 1.807) is 12.1 Å². The SMILES string of the molecule is O=C(Nc1cccc(Oc2ccc(C(=O)O)c(C(=O)O)c2)c1)c1cc(C(=O)Nc2cccc(Oc3ccc(C(=O)O)c(C(=O)O)c3)c2)cc(N2C(=O)c3ccccc3C2=O)c1. The maximum atomic E-state index is 13.9. The van der Waals surface area contributed by atoms with E-state index >= 15 is 0 Å². The molecule has 17 heteroatoms. The molecule has 0 saturated carbocycles. The monoisotopic (exact) mass is 821 g/mol. The maximum absolute atomic E-state index is 13.9. The lowest BCUT2D eigenvalue weighted by Gasteiger charge is -2.17. The van der Waals surface area contributed by atoms with Crippen LogP contribution in [0.3, 0.4) is 0 Å². The number of benzene rings is 6. The van der Waals surface area contributed by atoms with E-state index in [4.69, 9.17) is 9.47 Å². The standard InChI is InChI=1S/C44H27N3O14/c48-37(45-24-5-3-7-27(18-24)60-29-11-13-33(41(52)53)35(20-29)43(56)57)22-15-23(17-26(16-22)47-39(50)31-9-1-2-10-32(31)40(47)51)38(49)46-25-6-4-8-28(19-25)61-30-12-14-34(42(54)55)36(21-30)44(58)59/h1-21H,(H,45,48)(H,46,49)(H,52,53)(H,54,55)(H,56,57)(H,58,59). The van der Waals surface area contributed by atoms with Gasteiger partial charge in [0.15, 0.2) is 0 Å². The maximum Gasteiger partial charge on any atom is 0.336 e. The van der Waals surface area contributed by atoms with Gasteiger partial charge in [0.1, 0.15) is 23.0 Å². The number of ether oxygens (including phenoxy) is 2. The molecule has 61 heavy (non-hydrogen) atoms. The predicted molar refractivity (Wildman–Crippen MR) is 214 cm³/mol. The van der Waals surface area contributed by atoms with Crippen molar-refractivity contribution in [3.63, 3.8) is 0 Å². The van der Waals surface area contributed by atoms with Gasteiger partial charge >= 0.3 is 23.9 Å². The highest BCUT2D eigenvalue weighted by Crippen LogP contribution is 2.32. The number of rotatable bonds is 13. The fraction of sp³-hybridized carbons (Fsp3) is 0. The quantitative estimate of drug-likeness (QED) is 0.0622. The number of carboxylic acid groups (broad SMARTS) is 4. The Bertz CT molecular complexity index is 2700. The molecule has 6 N–H and O–H groups in total. The van der Waals surface area contributed by atoms with Gasteiger partial charge in [-0.2, -0.15) is 0 Å². The fourth-order valence-corrected chi connectivity index (χ4v) is 6.28. The largest absolute Gasteiger partial charge is 0.478 e. The molecule has 7 rings (SSSR count). The molecule has 0 bridgehead atoms. The van der Waals surface area contributed by atoms with Crippen molar-refractivity contribution in [3.05, 3.63) is 172 Å². The van der Waals surface area contributed by atoms with E-state index in [0.717, 1.165) is 29.2 Å². The van der Waals surface area contributed by atoms with Gasteiger partial charge in [-0.15, -0.1) is 0 Å². The normalized spacial score (nSPS) is 11.6. The lowest BCUT2D eigenvalue weighted by molar-refractivity contribution is 0.0651.